The summed E-state index contributed by atoms with van der Waals surface area (Å²) >= 11 is 0. The Hall–Kier alpha value is -3.55. The number of alkyl carbamates (subject to hydrolysis) is 1. The Morgan fingerprint density at radius 3 is 2.39 bits per heavy atom. The highest BCUT2D eigenvalue weighted by atomic mass is 16.5. The van der Waals surface area contributed by atoms with E-state index in [-0.39, 0.29) is 5.92 Å². The average Bonchev–Trinajstić information content (AvgIpc) is 3.12. The van der Waals surface area contributed by atoms with Gasteiger partial charge in [0.1, 0.15) is 6.61 Å². The SMILES string of the molecule is CNCc1cccc(C#CCCNC(=O)OCC2c3ccccc3-c3ccccc32)c1. The zero-order valence-corrected chi connectivity index (χ0v) is 17.7. The van der Waals surface area contributed by atoms with Crippen molar-refractivity contribution in [3.05, 3.63) is 95.1 Å². The fourth-order valence-electron chi connectivity index (χ4n) is 4.00. The minimum absolute atomic E-state index is 0.0721. The molecule has 156 valence electrons. The highest BCUT2D eigenvalue weighted by Crippen LogP contribution is 2.44. The molecule has 3 aromatic carbocycles. The van der Waals surface area contributed by atoms with Crippen LogP contribution in [-0.2, 0) is 11.3 Å². The first-order chi connectivity index (χ1) is 15.3. The van der Waals surface area contributed by atoms with Gasteiger partial charge in [0.15, 0.2) is 0 Å². The molecule has 0 aliphatic heterocycles. The van der Waals surface area contributed by atoms with Crippen LogP contribution < -0.4 is 10.6 Å². The summed E-state index contributed by atoms with van der Waals surface area (Å²) in [4.78, 5) is 12.2. The Morgan fingerprint density at radius 2 is 1.68 bits per heavy atom. The number of nitrogens with one attached hydrogen (secondary N) is 2. The third-order valence-corrected chi connectivity index (χ3v) is 5.40. The smallest absolute Gasteiger partial charge is 0.407 e. The van der Waals surface area contributed by atoms with Gasteiger partial charge >= 0.3 is 6.09 Å². The van der Waals surface area contributed by atoms with Crippen LogP contribution in [0.1, 0.15) is 34.6 Å². The summed E-state index contributed by atoms with van der Waals surface area (Å²) in [6, 6.07) is 24.8. The zero-order chi connectivity index (χ0) is 21.5. The molecular weight excluding hydrogens is 384 g/mol. The highest BCUT2D eigenvalue weighted by molar-refractivity contribution is 5.79. The number of carbonyl (C=O) groups is 1. The van der Waals surface area contributed by atoms with Crippen LogP contribution in [0.3, 0.4) is 0 Å². The van der Waals surface area contributed by atoms with Gasteiger partial charge in [-0.25, -0.2) is 4.79 Å². The van der Waals surface area contributed by atoms with E-state index in [1.807, 2.05) is 43.4 Å². The van der Waals surface area contributed by atoms with Gasteiger partial charge in [-0.3, -0.25) is 0 Å². The van der Waals surface area contributed by atoms with E-state index in [2.05, 4.69) is 58.9 Å². The zero-order valence-electron chi connectivity index (χ0n) is 17.7. The molecule has 0 aromatic heterocycles. The Kier molecular flexibility index (Phi) is 6.66. The van der Waals surface area contributed by atoms with Gasteiger partial charge in [-0.2, -0.15) is 0 Å². The molecule has 0 fully saturated rings. The highest BCUT2D eigenvalue weighted by Gasteiger charge is 2.28. The van der Waals surface area contributed by atoms with Crippen LogP contribution in [-0.4, -0.2) is 26.3 Å². The second kappa shape index (κ2) is 9.97. The van der Waals surface area contributed by atoms with E-state index in [9.17, 15) is 4.79 Å². The normalized spacial score (nSPS) is 11.8. The number of hydrogen-bond acceptors (Lipinski definition) is 3. The maximum absolute atomic E-state index is 12.2. The van der Waals surface area contributed by atoms with Crippen molar-refractivity contribution in [2.75, 3.05) is 20.2 Å². The molecule has 0 spiro atoms. The summed E-state index contributed by atoms with van der Waals surface area (Å²) in [5.74, 6) is 6.33. The molecule has 31 heavy (non-hydrogen) atoms. The Bertz CT molecular complexity index is 1080. The molecule has 1 aliphatic carbocycles. The van der Waals surface area contributed by atoms with Gasteiger partial charge in [0.05, 0.1) is 0 Å². The van der Waals surface area contributed by atoms with Crippen LogP contribution in [0.2, 0.25) is 0 Å². The van der Waals surface area contributed by atoms with E-state index in [1.54, 1.807) is 0 Å². The Morgan fingerprint density at radius 1 is 0.968 bits per heavy atom. The lowest BCUT2D eigenvalue weighted by atomic mass is 9.98. The predicted molar refractivity (Wildman–Crippen MR) is 124 cm³/mol. The molecule has 0 heterocycles. The van der Waals surface area contributed by atoms with E-state index in [1.165, 1.54) is 27.8 Å². The first kappa shape index (κ1) is 20.7. The van der Waals surface area contributed by atoms with Crippen molar-refractivity contribution in [2.24, 2.45) is 0 Å². The number of amides is 1. The minimum Gasteiger partial charge on any atom is -0.449 e. The van der Waals surface area contributed by atoms with Crippen LogP contribution in [0, 0.1) is 11.8 Å². The molecule has 4 nitrogen and oxygen atoms in total. The van der Waals surface area contributed by atoms with Crippen molar-refractivity contribution in [1.82, 2.24) is 10.6 Å². The lowest BCUT2D eigenvalue weighted by molar-refractivity contribution is 0.143. The van der Waals surface area contributed by atoms with Gasteiger partial charge in [-0.1, -0.05) is 72.5 Å². The molecular formula is C27H26N2O2. The molecule has 0 saturated heterocycles. The van der Waals surface area contributed by atoms with Crippen molar-refractivity contribution in [2.45, 2.75) is 18.9 Å². The molecule has 4 rings (SSSR count). The van der Waals surface area contributed by atoms with Crippen LogP contribution in [0.15, 0.2) is 72.8 Å². The summed E-state index contributed by atoms with van der Waals surface area (Å²) in [6.07, 6.45) is 0.167. The van der Waals surface area contributed by atoms with Crippen LogP contribution in [0.4, 0.5) is 4.79 Å². The molecule has 4 heteroatoms. The van der Waals surface area contributed by atoms with Crippen molar-refractivity contribution >= 4 is 6.09 Å². The predicted octanol–water partition coefficient (Wildman–Crippen LogP) is 4.69. The second-order valence-electron chi connectivity index (χ2n) is 7.53. The third kappa shape index (κ3) is 4.96. The molecule has 0 unspecified atom stereocenters. The first-order valence-corrected chi connectivity index (χ1v) is 10.6. The second-order valence-corrected chi connectivity index (χ2v) is 7.53. The summed E-state index contributed by atoms with van der Waals surface area (Å²) in [7, 11) is 1.92. The third-order valence-electron chi connectivity index (χ3n) is 5.40. The van der Waals surface area contributed by atoms with E-state index in [4.69, 9.17) is 4.74 Å². The molecule has 2 N–H and O–H groups in total. The number of carbonyl (C=O) groups excluding carboxylic acids is 1. The monoisotopic (exact) mass is 410 g/mol. The summed E-state index contributed by atoms with van der Waals surface area (Å²) in [6.45, 7) is 1.60. The van der Waals surface area contributed by atoms with Gasteiger partial charge in [0, 0.05) is 31.0 Å². The van der Waals surface area contributed by atoms with Crippen molar-refractivity contribution in [3.63, 3.8) is 0 Å². The van der Waals surface area contributed by atoms with Gasteiger partial charge in [0.25, 0.3) is 0 Å². The van der Waals surface area contributed by atoms with Crippen LogP contribution in [0.5, 0.6) is 0 Å². The molecule has 0 bridgehead atoms. The largest absolute Gasteiger partial charge is 0.449 e. The quantitative estimate of drug-likeness (QED) is 0.458. The molecule has 0 atom stereocenters. The number of benzene rings is 3. The van der Waals surface area contributed by atoms with Crippen LogP contribution >= 0.6 is 0 Å². The standard InChI is InChI=1S/C27H26N2O2/c1-28-18-21-11-8-10-20(17-21)9-6-7-16-29-27(30)31-19-26-24-14-4-2-12-22(24)23-13-3-5-15-25(23)26/h2-5,8,10-15,17,26,28H,7,16,18-19H2,1H3,(H,29,30). The van der Waals surface area contributed by atoms with Gasteiger partial charge < -0.3 is 15.4 Å². The van der Waals surface area contributed by atoms with E-state index < -0.39 is 6.09 Å². The summed E-state index contributed by atoms with van der Waals surface area (Å²) in [5.41, 5.74) is 7.05. The number of ether oxygens (including phenoxy) is 1. The van der Waals surface area contributed by atoms with Crippen molar-refractivity contribution in [1.29, 1.82) is 0 Å². The number of rotatable bonds is 6. The average molecular weight is 411 g/mol. The first-order valence-electron chi connectivity index (χ1n) is 10.6. The fourth-order valence-corrected chi connectivity index (χ4v) is 4.00. The Balaban J connectivity index is 1.27. The topological polar surface area (TPSA) is 50.4 Å². The van der Waals surface area contributed by atoms with Gasteiger partial charge in [0.2, 0.25) is 0 Å². The minimum atomic E-state index is -0.403. The van der Waals surface area contributed by atoms with E-state index in [0.717, 1.165) is 12.1 Å². The van der Waals surface area contributed by atoms with Crippen LogP contribution in [0.25, 0.3) is 11.1 Å². The molecule has 1 amide bonds. The molecule has 3 aromatic rings. The van der Waals surface area contributed by atoms with Crippen molar-refractivity contribution in [3.8, 4) is 23.0 Å². The summed E-state index contributed by atoms with van der Waals surface area (Å²) in [5, 5.41) is 5.93. The summed E-state index contributed by atoms with van der Waals surface area (Å²) < 4.78 is 5.54. The lowest BCUT2D eigenvalue weighted by Crippen LogP contribution is -2.26. The lowest BCUT2D eigenvalue weighted by Gasteiger charge is -2.14. The van der Waals surface area contributed by atoms with Gasteiger partial charge in [-0.15, -0.1) is 0 Å². The van der Waals surface area contributed by atoms with E-state index in [0.29, 0.717) is 19.6 Å². The van der Waals surface area contributed by atoms with Gasteiger partial charge in [-0.05, 0) is 47.0 Å². The number of fused-ring (bicyclic) bond motifs is 3. The molecule has 0 saturated carbocycles. The fraction of sp³-hybridized carbons (Fsp3) is 0.222. The molecule has 1 aliphatic rings. The number of hydrogen-bond donors (Lipinski definition) is 2. The van der Waals surface area contributed by atoms with E-state index >= 15 is 0 Å². The maximum atomic E-state index is 12.2. The maximum Gasteiger partial charge on any atom is 0.407 e. The Labute approximate surface area is 183 Å². The molecule has 0 radical (unpaired) electrons. The van der Waals surface area contributed by atoms with Crippen molar-refractivity contribution < 1.29 is 9.53 Å².